The Kier molecular flexibility index (Phi) is 5.66. The van der Waals surface area contributed by atoms with Gasteiger partial charge in [0.1, 0.15) is 5.75 Å². The number of alkyl halides is 3. The third-order valence-electron chi connectivity index (χ3n) is 3.09. The van der Waals surface area contributed by atoms with Crippen LogP contribution < -0.4 is 4.74 Å². The van der Waals surface area contributed by atoms with E-state index in [0.717, 1.165) is 18.7 Å². The number of hydrogen-bond donors (Lipinski definition) is 0. The Labute approximate surface area is 142 Å². The summed E-state index contributed by atoms with van der Waals surface area (Å²) in [6.45, 7) is 2.80. The predicted octanol–water partition coefficient (Wildman–Crippen LogP) is 5.16. The van der Waals surface area contributed by atoms with Gasteiger partial charge in [-0.05, 0) is 31.2 Å². The summed E-state index contributed by atoms with van der Waals surface area (Å²) in [5.41, 5.74) is -0.347. The van der Waals surface area contributed by atoms with Crippen molar-refractivity contribution in [2.24, 2.45) is 4.99 Å². The molecule has 0 fully saturated rings. The van der Waals surface area contributed by atoms with E-state index in [4.69, 9.17) is 16.3 Å². The molecule has 0 saturated heterocycles. The molecule has 0 saturated carbocycles. The minimum absolute atomic E-state index is 0.00110. The molecule has 2 rings (SSSR count). The maximum atomic E-state index is 12.8. The lowest BCUT2D eigenvalue weighted by Crippen LogP contribution is -2.14. The van der Waals surface area contributed by atoms with Crippen molar-refractivity contribution in [2.75, 3.05) is 13.6 Å². The SMILES string of the molecule is CCN(C)C=Nc1ccc(Oc2ccc(Cl)c(C(F)(F)F)c2)nc1. The molecule has 0 aliphatic carbocycles. The first-order valence-electron chi connectivity index (χ1n) is 7.04. The van der Waals surface area contributed by atoms with Gasteiger partial charge in [-0.15, -0.1) is 0 Å². The zero-order valence-electron chi connectivity index (χ0n) is 13.0. The maximum absolute atomic E-state index is 12.8. The van der Waals surface area contributed by atoms with Crippen molar-refractivity contribution in [3.8, 4) is 11.6 Å². The average Bonchev–Trinajstić information content (AvgIpc) is 2.54. The van der Waals surface area contributed by atoms with Crippen LogP contribution in [0.2, 0.25) is 5.02 Å². The van der Waals surface area contributed by atoms with E-state index in [1.807, 2.05) is 18.9 Å². The lowest BCUT2D eigenvalue weighted by atomic mass is 10.2. The first-order chi connectivity index (χ1) is 11.3. The van der Waals surface area contributed by atoms with E-state index < -0.39 is 11.7 Å². The summed E-state index contributed by atoms with van der Waals surface area (Å²) in [4.78, 5) is 10.1. The molecule has 4 nitrogen and oxygen atoms in total. The summed E-state index contributed by atoms with van der Waals surface area (Å²) in [5, 5.41) is -0.382. The minimum Gasteiger partial charge on any atom is -0.439 e. The van der Waals surface area contributed by atoms with Crippen LogP contribution in [0.3, 0.4) is 0 Å². The van der Waals surface area contributed by atoms with Crippen LogP contribution in [0.15, 0.2) is 41.5 Å². The molecule has 24 heavy (non-hydrogen) atoms. The van der Waals surface area contributed by atoms with Crippen LogP contribution in [0.1, 0.15) is 12.5 Å². The van der Waals surface area contributed by atoms with Gasteiger partial charge in [-0.3, -0.25) is 0 Å². The number of aromatic nitrogens is 1. The molecule has 0 amide bonds. The van der Waals surface area contributed by atoms with Gasteiger partial charge in [-0.25, -0.2) is 9.98 Å². The minimum atomic E-state index is -4.55. The van der Waals surface area contributed by atoms with E-state index in [0.29, 0.717) is 5.69 Å². The summed E-state index contributed by atoms with van der Waals surface area (Å²) in [6, 6.07) is 6.51. The highest BCUT2D eigenvalue weighted by Gasteiger charge is 2.33. The highest BCUT2D eigenvalue weighted by molar-refractivity contribution is 6.31. The van der Waals surface area contributed by atoms with Crippen LogP contribution in [-0.4, -0.2) is 29.8 Å². The third kappa shape index (κ3) is 4.86. The second-order valence-electron chi connectivity index (χ2n) is 4.91. The van der Waals surface area contributed by atoms with Crippen molar-refractivity contribution in [3.05, 3.63) is 47.1 Å². The molecule has 2 aromatic rings. The lowest BCUT2D eigenvalue weighted by molar-refractivity contribution is -0.137. The molecule has 0 atom stereocenters. The van der Waals surface area contributed by atoms with Gasteiger partial charge >= 0.3 is 6.18 Å². The van der Waals surface area contributed by atoms with E-state index in [1.54, 1.807) is 12.4 Å². The van der Waals surface area contributed by atoms with Gasteiger partial charge in [0.05, 0.1) is 28.8 Å². The maximum Gasteiger partial charge on any atom is 0.417 e. The highest BCUT2D eigenvalue weighted by atomic mass is 35.5. The Morgan fingerprint density at radius 3 is 2.62 bits per heavy atom. The molecule has 0 radical (unpaired) electrons. The van der Waals surface area contributed by atoms with Crippen molar-refractivity contribution < 1.29 is 17.9 Å². The fourth-order valence-electron chi connectivity index (χ4n) is 1.66. The Bertz CT molecular complexity index is 717. The van der Waals surface area contributed by atoms with Crippen molar-refractivity contribution in [3.63, 3.8) is 0 Å². The van der Waals surface area contributed by atoms with Gasteiger partial charge in [0.25, 0.3) is 0 Å². The van der Waals surface area contributed by atoms with Gasteiger partial charge in [0, 0.05) is 19.7 Å². The van der Waals surface area contributed by atoms with Crippen molar-refractivity contribution in [1.29, 1.82) is 0 Å². The number of ether oxygens (including phenoxy) is 1. The Morgan fingerprint density at radius 2 is 2.04 bits per heavy atom. The van der Waals surface area contributed by atoms with E-state index in [9.17, 15) is 13.2 Å². The number of halogens is 4. The van der Waals surface area contributed by atoms with Crippen molar-refractivity contribution in [2.45, 2.75) is 13.1 Å². The zero-order valence-corrected chi connectivity index (χ0v) is 13.8. The second-order valence-corrected chi connectivity index (χ2v) is 5.32. The van der Waals surface area contributed by atoms with Gasteiger partial charge in [-0.1, -0.05) is 11.6 Å². The van der Waals surface area contributed by atoms with Crippen LogP contribution in [-0.2, 0) is 6.18 Å². The smallest absolute Gasteiger partial charge is 0.417 e. The molecule has 0 spiro atoms. The molecule has 1 heterocycles. The molecule has 1 aromatic carbocycles. The largest absolute Gasteiger partial charge is 0.439 e. The predicted molar refractivity (Wildman–Crippen MR) is 87.2 cm³/mol. The summed E-state index contributed by atoms with van der Waals surface area (Å²) < 4.78 is 43.8. The summed E-state index contributed by atoms with van der Waals surface area (Å²) >= 11 is 5.57. The first-order valence-corrected chi connectivity index (χ1v) is 7.42. The van der Waals surface area contributed by atoms with Gasteiger partial charge < -0.3 is 9.64 Å². The quantitative estimate of drug-likeness (QED) is 0.548. The molecule has 8 heteroatoms. The topological polar surface area (TPSA) is 37.7 Å². The number of benzene rings is 1. The molecule has 0 N–H and O–H groups in total. The highest BCUT2D eigenvalue weighted by Crippen LogP contribution is 2.37. The van der Waals surface area contributed by atoms with Gasteiger partial charge in [0.2, 0.25) is 5.88 Å². The molecule has 0 bridgehead atoms. The molecule has 128 valence electrons. The molecule has 0 aliphatic rings. The van der Waals surface area contributed by atoms with Gasteiger partial charge in [-0.2, -0.15) is 13.2 Å². The Balaban J connectivity index is 2.13. The lowest BCUT2D eigenvalue weighted by Gasteiger charge is -2.11. The molecule has 0 aliphatic heterocycles. The van der Waals surface area contributed by atoms with Crippen LogP contribution >= 0.6 is 11.6 Å². The van der Waals surface area contributed by atoms with Crippen molar-refractivity contribution in [1.82, 2.24) is 9.88 Å². The summed E-state index contributed by atoms with van der Waals surface area (Å²) in [6.07, 6.45) is -1.42. The summed E-state index contributed by atoms with van der Waals surface area (Å²) in [7, 11) is 1.88. The van der Waals surface area contributed by atoms with Crippen LogP contribution in [0.25, 0.3) is 0 Å². The summed E-state index contributed by atoms with van der Waals surface area (Å²) in [5.74, 6) is 0.162. The first kappa shape index (κ1) is 18.1. The van der Waals surface area contributed by atoms with E-state index >= 15 is 0 Å². The van der Waals surface area contributed by atoms with Crippen LogP contribution in [0, 0.1) is 0 Å². The van der Waals surface area contributed by atoms with Crippen LogP contribution in [0.5, 0.6) is 11.6 Å². The number of pyridine rings is 1. The number of nitrogens with zero attached hydrogens (tertiary/aromatic N) is 3. The monoisotopic (exact) mass is 357 g/mol. The number of aliphatic imine (C=N–C) groups is 1. The fraction of sp³-hybridized carbons (Fsp3) is 0.250. The molecular formula is C16H15ClF3N3O. The van der Waals surface area contributed by atoms with Crippen molar-refractivity contribution >= 4 is 23.6 Å². The van der Waals surface area contributed by atoms with E-state index in [-0.39, 0.29) is 16.7 Å². The van der Waals surface area contributed by atoms with Crippen LogP contribution in [0.4, 0.5) is 18.9 Å². The van der Waals surface area contributed by atoms with E-state index in [1.165, 1.54) is 18.3 Å². The molecule has 1 aromatic heterocycles. The zero-order chi connectivity index (χ0) is 17.7. The average molecular weight is 358 g/mol. The fourth-order valence-corrected chi connectivity index (χ4v) is 1.89. The Hall–Kier alpha value is -2.28. The molecule has 0 unspecified atom stereocenters. The second kappa shape index (κ2) is 7.53. The molecular weight excluding hydrogens is 343 g/mol. The van der Waals surface area contributed by atoms with E-state index in [2.05, 4.69) is 9.98 Å². The number of rotatable bonds is 5. The standard InChI is InChI=1S/C16H15ClF3N3O/c1-3-23(2)10-22-11-4-7-15(21-9-11)24-12-5-6-14(17)13(8-12)16(18,19)20/h4-10H,3H2,1-2H3. The third-order valence-corrected chi connectivity index (χ3v) is 3.42. The number of hydrogen-bond acceptors (Lipinski definition) is 3. The van der Waals surface area contributed by atoms with Gasteiger partial charge in [0.15, 0.2) is 0 Å². The normalized spacial score (nSPS) is 11.8. The Morgan fingerprint density at radius 1 is 1.29 bits per heavy atom.